The fourth-order valence-corrected chi connectivity index (χ4v) is 6.44. The number of nitrogens with zero attached hydrogens (tertiary/aromatic N) is 3. The molecule has 0 saturated carbocycles. The van der Waals surface area contributed by atoms with E-state index in [9.17, 15) is 9.59 Å². The van der Waals surface area contributed by atoms with Gasteiger partial charge in [-0.15, -0.1) is 0 Å². The quantitative estimate of drug-likeness (QED) is 0.508. The molecule has 7 atom stereocenters. The van der Waals surface area contributed by atoms with Gasteiger partial charge in [-0.3, -0.25) is 9.59 Å². The maximum Gasteiger partial charge on any atom is 0.291 e. The lowest BCUT2D eigenvalue weighted by Gasteiger charge is -2.45. The number of ether oxygens (including phenoxy) is 5. The Morgan fingerprint density at radius 3 is 2.22 bits per heavy atom. The Balaban J connectivity index is 1.25. The molecule has 4 saturated heterocycles. The summed E-state index contributed by atoms with van der Waals surface area (Å²) in [5.74, 6) is -3.48. The van der Waals surface area contributed by atoms with Crippen LogP contribution in [0.5, 0.6) is 0 Å². The molecule has 4 fully saturated rings. The lowest BCUT2D eigenvalue weighted by Crippen LogP contribution is -2.67. The molecule has 0 bridgehead atoms. The number of amides is 2. The van der Waals surface area contributed by atoms with Crippen LogP contribution in [0, 0.1) is 5.92 Å². The van der Waals surface area contributed by atoms with E-state index in [2.05, 4.69) is 21.1 Å². The molecule has 0 N–H and O–H groups in total. The number of anilines is 1. The van der Waals surface area contributed by atoms with Gasteiger partial charge in [0.2, 0.25) is 6.10 Å². The summed E-state index contributed by atoms with van der Waals surface area (Å²) >= 11 is 3.44. The molecule has 5 aliphatic rings. The van der Waals surface area contributed by atoms with E-state index in [1.807, 2.05) is 58.0 Å². The first kappa shape index (κ1) is 27.0. The lowest BCUT2D eigenvalue weighted by atomic mass is 9.88. The summed E-state index contributed by atoms with van der Waals surface area (Å²) in [5, 5.41) is 6.98. The molecule has 11 nitrogen and oxygen atoms in total. The number of hydrogen-bond acceptors (Lipinski definition) is 9. The van der Waals surface area contributed by atoms with Crippen molar-refractivity contribution >= 4 is 39.1 Å². The molecule has 2 aromatic rings. The fourth-order valence-electron chi connectivity index (χ4n) is 6.18. The smallest absolute Gasteiger partial charge is 0.291 e. The Morgan fingerprint density at radius 1 is 0.829 bits per heavy atom. The Labute approximate surface area is 245 Å². The zero-order valence-corrected chi connectivity index (χ0v) is 24.5. The maximum absolute atomic E-state index is 14.4. The van der Waals surface area contributed by atoms with E-state index in [0.717, 1.165) is 4.47 Å². The number of halogens is 1. The third kappa shape index (κ3) is 4.57. The molecule has 0 spiro atoms. The van der Waals surface area contributed by atoms with Gasteiger partial charge in [0.25, 0.3) is 11.8 Å². The van der Waals surface area contributed by atoms with Crippen LogP contribution in [0.3, 0.4) is 0 Å². The predicted octanol–water partition coefficient (Wildman–Crippen LogP) is 3.36. The minimum absolute atomic E-state index is 0.01000. The van der Waals surface area contributed by atoms with Crippen LogP contribution in [0.4, 0.5) is 5.69 Å². The highest BCUT2D eigenvalue weighted by Gasteiger charge is 2.62. The monoisotopic (exact) mass is 627 g/mol. The van der Waals surface area contributed by atoms with Crippen molar-refractivity contribution in [3.05, 3.63) is 64.6 Å². The van der Waals surface area contributed by atoms with E-state index < -0.39 is 60.2 Å². The second-order valence-electron chi connectivity index (χ2n) is 11.6. The molecule has 0 radical (unpaired) electrons. The van der Waals surface area contributed by atoms with Crippen LogP contribution in [-0.2, 0) is 38.1 Å². The van der Waals surface area contributed by atoms with Gasteiger partial charge in [-0.05, 0) is 52.0 Å². The van der Waals surface area contributed by atoms with E-state index in [4.69, 9.17) is 28.5 Å². The highest BCUT2D eigenvalue weighted by atomic mass is 79.9. The van der Waals surface area contributed by atoms with Gasteiger partial charge < -0.3 is 28.5 Å². The summed E-state index contributed by atoms with van der Waals surface area (Å²) < 4.78 is 32.0. The predicted molar refractivity (Wildman–Crippen MR) is 147 cm³/mol. The summed E-state index contributed by atoms with van der Waals surface area (Å²) in [4.78, 5) is 34.0. The van der Waals surface area contributed by atoms with Crippen LogP contribution in [-0.4, -0.2) is 77.5 Å². The molecule has 12 heteroatoms. The molecule has 41 heavy (non-hydrogen) atoms. The van der Waals surface area contributed by atoms with Crippen molar-refractivity contribution in [2.24, 2.45) is 11.1 Å². The van der Waals surface area contributed by atoms with E-state index in [1.165, 1.54) is 10.0 Å². The maximum atomic E-state index is 14.4. The first-order valence-corrected chi connectivity index (χ1v) is 14.4. The molecule has 216 valence electrons. The van der Waals surface area contributed by atoms with Crippen molar-refractivity contribution in [3.8, 4) is 0 Å². The van der Waals surface area contributed by atoms with Crippen LogP contribution in [0.25, 0.3) is 0 Å². The molecular weight excluding hydrogens is 598 g/mol. The zero-order chi connectivity index (χ0) is 28.7. The van der Waals surface area contributed by atoms with Gasteiger partial charge in [-0.25, -0.2) is 10.0 Å². The van der Waals surface area contributed by atoms with E-state index in [1.54, 1.807) is 24.3 Å². The summed E-state index contributed by atoms with van der Waals surface area (Å²) in [7, 11) is 0. The average molecular weight is 628 g/mol. The van der Waals surface area contributed by atoms with Crippen LogP contribution in [0.15, 0.2) is 64.2 Å². The van der Waals surface area contributed by atoms with Crippen LogP contribution < -0.4 is 5.01 Å². The average Bonchev–Trinajstić information content (AvgIpc) is 3.60. The first-order chi connectivity index (χ1) is 19.5. The van der Waals surface area contributed by atoms with Gasteiger partial charge in [-0.1, -0.05) is 51.4 Å². The third-order valence-electron chi connectivity index (χ3n) is 7.82. The second-order valence-corrected chi connectivity index (χ2v) is 12.5. The zero-order valence-electron chi connectivity index (χ0n) is 22.9. The second kappa shape index (κ2) is 9.58. The number of carbonyl (C=O) groups is 2. The molecule has 0 aliphatic carbocycles. The van der Waals surface area contributed by atoms with E-state index in [0.29, 0.717) is 17.0 Å². The van der Waals surface area contributed by atoms with Crippen LogP contribution in [0.1, 0.15) is 33.3 Å². The number of para-hydroxylation sites is 1. The van der Waals surface area contributed by atoms with Crippen molar-refractivity contribution in [1.29, 1.82) is 0 Å². The normalized spacial score (nSPS) is 35.0. The first-order valence-electron chi connectivity index (χ1n) is 13.6. The number of benzene rings is 2. The summed E-state index contributed by atoms with van der Waals surface area (Å²) in [5.41, 5.74) is 1.61. The van der Waals surface area contributed by atoms with Crippen molar-refractivity contribution in [2.75, 3.05) is 11.6 Å². The lowest BCUT2D eigenvalue weighted by molar-refractivity contribution is -0.237. The highest BCUT2D eigenvalue weighted by Crippen LogP contribution is 2.45. The molecule has 0 unspecified atom stereocenters. The topological polar surface area (TPSA) is 108 Å². The van der Waals surface area contributed by atoms with Crippen molar-refractivity contribution in [2.45, 2.75) is 76.1 Å². The van der Waals surface area contributed by atoms with Crippen molar-refractivity contribution in [1.82, 2.24) is 5.01 Å². The summed E-state index contributed by atoms with van der Waals surface area (Å²) in [6.45, 7) is 7.26. The van der Waals surface area contributed by atoms with Gasteiger partial charge in [0, 0.05) is 10.0 Å². The van der Waals surface area contributed by atoms with Gasteiger partial charge in [0.1, 0.15) is 36.0 Å². The van der Waals surface area contributed by atoms with Gasteiger partial charge in [0.15, 0.2) is 17.9 Å². The van der Waals surface area contributed by atoms with Crippen molar-refractivity contribution < 1.29 is 38.1 Å². The Bertz CT molecular complexity index is 1400. The van der Waals surface area contributed by atoms with E-state index in [-0.39, 0.29) is 12.5 Å². The molecule has 5 heterocycles. The minimum Gasteiger partial charge on any atom is -0.381 e. The molecule has 0 aromatic heterocycles. The van der Waals surface area contributed by atoms with Gasteiger partial charge in [0.05, 0.1) is 12.2 Å². The molecule has 2 amide bonds. The van der Waals surface area contributed by atoms with Crippen molar-refractivity contribution in [3.63, 3.8) is 0 Å². The Kier molecular flexibility index (Phi) is 6.31. The standard InChI is InChI=1S/C29H30BrN3O8/c1-28(2)37-21-18(36-27-24(23(21)38-28)39-29(3,4)40-27)14-32-25(34)19-20(15-10-12-16(30)13-11-15)31-41-22(19)26(35)33(32)17-8-6-5-7-9-17/h5-13,18-19,21-24,27H,14H2,1-4H3/t18-,19+,21+,22-,23+,24+,27-/m1/s1. The highest BCUT2D eigenvalue weighted by molar-refractivity contribution is 9.10. The molecular formula is C29H30BrN3O8. The molecule has 2 aromatic carbocycles. The largest absolute Gasteiger partial charge is 0.381 e. The van der Waals surface area contributed by atoms with E-state index >= 15 is 0 Å². The van der Waals surface area contributed by atoms with Gasteiger partial charge in [-0.2, -0.15) is 0 Å². The van der Waals surface area contributed by atoms with Crippen LogP contribution in [0.2, 0.25) is 0 Å². The van der Waals surface area contributed by atoms with Gasteiger partial charge >= 0.3 is 0 Å². The SMILES string of the molecule is CC1(C)O[C@H]2O[C@H](CN3C(=O)[C@H]4C(c5ccc(Br)cc5)=NO[C@H]4C(=O)N3c3ccccc3)[C@@H]3OC(C)(C)O[C@@H]3[C@@H]2O1. The number of rotatable bonds is 4. The molecule has 7 rings (SSSR count). The number of carbonyl (C=O) groups excluding carboxylic acids is 2. The minimum atomic E-state index is -1.10. The van der Waals surface area contributed by atoms with Crippen LogP contribution >= 0.6 is 15.9 Å². The number of oxime groups is 1. The Hall–Kier alpha value is -2.87. The summed E-state index contributed by atoms with van der Waals surface area (Å²) in [6, 6.07) is 16.3. The summed E-state index contributed by atoms with van der Waals surface area (Å²) in [6.07, 6.45) is -4.13. The Morgan fingerprint density at radius 2 is 1.49 bits per heavy atom. The number of hydrogen-bond donors (Lipinski definition) is 0. The number of fused-ring (bicyclic) bond motifs is 4. The fraction of sp³-hybridized carbons (Fsp3) is 0.483. The molecule has 5 aliphatic heterocycles. The number of hydrazine groups is 1. The third-order valence-corrected chi connectivity index (χ3v) is 8.35.